The van der Waals surface area contributed by atoms with Gasteiger partial charge in [0.25, 0.3) is 0 Å². The van der Waals surface area contributed by atoms with E-state index in [1.54, 1.807) is 0 Å². The molecule has 1 saturated heterocycles. The maximum absolute atomic E-state index is 10.4. The van der Waals surface area contributed by atoms with Gasteiger partial charge < -0.3 is 5.32 Å². The molecule has 0 aliphatic carbocycles. The molecule has 48 valence electrons. The molecule has 3 heteroatoms. The third-order valence-corrected chi connectivity index (χ3v) is 1.16. The van der Waals surface area contributed by atoms with E-state index in [2.05, 4.69) is 5.32 Å². The highest BCUT2D eigenvalue weighted by atomic mass is 127. The first-order chi connectivity index (χ1) is 3.39. The molecule has 8 heavy (non-hydrogen) atoms. The summed E-state index contributed by atoms with van der Waals surface area (Å²) in [5.74, 6) is 0.402. The summed E-state index contributed by atoms with van der Waals surface area (Å²) in [7, 11) is 0. The summed E-state index contributed by atoms with van der Waals surface area (Å²) in [6.07, 6.45) is 1.47. The van der Waals surface area contributed by atoms with Crippen LogP contribution in [0, 0.1) is 0 Å². The molecule has 1 aliphatic heterocycles. The number of piperidine rings is 1. The molecule has 1 fully saturated rings. The van der Waals surface area contributed by atoms with Crippen molar-refractivity contribution in [2.45, 2.75) is 12.8 Å². The zero-order valence-electron chi connectivity index (χ0n) is 4.64. The van der Waals surface area contributed by atoms with E-state index in [4.69, 9.17) is 0 Å². The Hall–Kier alpha value is 0.360. The van der Waals surface area contributed by atoms with Gasteiger partial charge in [0.2, 0.25) is 0 Å². The van der Waals surface area contributed by atoms with Gasteiger partial charge in [0, 0.05) is 25.9 Å². The monoisotopic (exact) mass is 227 g/mol. The van der Waals surface area contributed by atoms with Gasteiger partial charge in [-0.25, -0.2) is 0 Å². The summed E-state index contributed by atoms with van der Waals surface area (Å²) in [5, 5.41) is 3.09. The first-order valence-electron chi connectivity index (χ1n) is 2.62. The molecule has 0 saturated carbocycles. The van der Waals surface area contributed by atoms with Gasteiger partial charge in [0.1, 0.15) is 5.78 Å². The number of nitrogens with one attached hydrogen (secondary N) is 1. The molecule has 1 rings (SSSR count). The van der Waals surface area contributed by atoms with E-state index in [1.807, 2.05) is 0 Å². The van der Waals surface area contributed by atoms with Gasteiger partial charge in [-0.2, -0.15) is 0 Å². The zero-order chi connectivity index (χ0) is 5.11. The molecule has 1 heterocycles. The molecular weight excluding hydrogens is 217 g/mol. The molecule has 0 radical (unpaired) electrons. The maximum Gasteiger partial charge on any atom is 0.135 e. The number of rotatable bonds is 0. The Kier molecular flexibility index (Phi) is 4.45. The van der Waals surface area contributed by atoms with Crippen LogP contribution in [-0.2, 0) is 4.79 Å². The van der Waals surface area contributed by atoms with Crippen molar-refractivity contribution in [1.82, 2.24) is 5.32 Å². The molecular formula is C5H10INO. The lowest BCUT2D eigenvalue weighted by atomic mass is 10.1. The second-order valence-electron chi connectivity index (χ2n) is 1.79. The molecule has 0 bridgehead atoms. The Morgan fingerprint density at radius 3 is 2.00 bits per heavy atom. The molecule has 1 aliphatic rings. The van der Waals surface area contributed by atoms with Crippen molar-refractivity contribution >= 4 is 29.8 Å². The van der Waals surface area contributed by atoms with Crippen molar-refractivity contribution in [2.75, 3.05) is 13.1 Å². The van der Waals surface area contributed by atoms with Gasteiger partial charge in [-0.1, -0.05) is 0 Å². The highest BCUT2D eigenvalue weighted by Crippen LogP contribution is 1.91. The molecule has 0 unspecified atom stereocenters. The lowest BCUT2D eigenvalue weighted by molar-refractivity contribution is -0.119. The number of hydrogen-bond donors (Lipinski definition) is 1. The standard InChI is InChI=1S/C5H9NO.HI/c7-5-1-3-6-4-2-5;/h6H,1-4H2;1H. The summed E-state index contributed by atoms with van der Waals surface area (Å²) in [6.45, 7) is 1.78. The van der Waals surface area contributed by atoms with Crippen LogP contribution in [0.2, 0.25) is 0 Å². The topological polar surface area (TPSA) is 29.1 Å². The number of carbonyl (C=O) groups is 1. The highest BCUT2D eigenvalue weighted by Gasteiger charge is 2.04. The number of ketones is 1. The zero-order valence-corrected chi connectivity index (χ0v) is 6.98. The number of carbonyl (C=O) groups excluding carboxylic acids is 1. The first-order valence-corrected chi connectivity index (χ1v) is 2.62. The van der Waals surface area contributed by atoms with Crippen LogP contribution in [-0.4, -0.2) is 18.9 Å². The first kappa shape index (κ1) is 8.36. The normalized spacial score (nSPS) is 19.8. The largest absolute Gasteiger partial charge is 0.316 e. The van der Waals surface area contributed by atoms with Gasteiger partial charge in [-0.3, -0.25) is 4.79 Å². The Morgan fingerprint density at radius 2 is 1.75 bits per heavy atom. The van der Waals surface area contributed by atoms with Gasteiger partial charge in [0.15, 0.2) is 0 Å². The van der Waals surface area contributed by atoms with Gasteiger partial charge >= 0.3 is 0 Å². The summed E-state index contributed by atoms with van der Waals surface area (Å²) < 4.78 is 0. The van der Waals surface area contributed by atoms with Crippen LogP contribution in [0.3, 0.4) is 0 Å². The predicted octanol–water partition coefficient (Wildman–Crippen LogP) is 0.557. The molecule has 0 atom stereocenters. The van der Waals surface area contributed by atoms with E-state index < -0.39 is 0 Å². The van der Waals surface area contributed by atoms with E-state index in [0.717, 1.165) is 25.9 Å². The van der Waals surface area contributed by atoms with Crippen molar-refractivity contribution < 1.29 is 4.79 Å². The van der Waals surface area contributed by atoms with Gasteiger partial charge in [-0.05, 0) is 0 Å². The summed E-state index contributed by atoms with van der Waals surface area (Å²) in [6, 6.07) is 0. The lowest BCUT2D eigenvalue weighted by Gasteiger charge is -2.08. The molecule has 1 N–H and O–H groups in total. The lowest BCUT2D eigenvalue weighted by Crippen LogP contribution is -2.27. The maximum atomic E-state index is 10.4. The smallest absolute Gasteiger partial charge is 0.135 e. The number of hydrogen-bond acceptors (Lipinski definition) is 2. The van der Waals surface area contributed by atoms with Crippen LogP contribution < -0.4 is 5.32 Å². The quantitative estimate of drug-likeness (QED) is 0.612. The minimum absolute atomic E-state index is 0. The molecule has 0 spiro atoms. The SMILES string of the molecule is I.O=C1CCNCC1. The average molecular weight is 227 g/mol. The Morgan fingerprint density at radius 1 is 1.25 bits per heavy atom. The molecule has 0 amide bonds. The third-order valence-electron chi connectivity index (χ3n) is 1.16. The van der Waals surface area contributed by atoms with Crippen LogP contribution in [0.1, 0.15) is 12.8 Å². The minimum atomic E-state index is 0. The Labute approximate surface area is 66.0 Å². The van der Waals surface area contributed by atoms with Gasteiger partial charge in [-0.15, -0.1) is 24.0 Å². The highest BCUT2D eigenvalue weighted by molar-refractivity contribution is 14.0. The third kappa shape index (κ3) is 2.61. The minimum Gasteiger partial charge on any atom is -0.316 e. The van der Waals surface area contributed by atoms with E-state index in [9.17, 15) is 4.79 Å². The molecule has 0 aromatic rings. The Bertz CT molecular complexity index is 76.5. The van der Waals surface area contributed by atoms with Crippen molar-refractivity contribution in [3.63, 3.8) is 0 Å². The van der Waals surface area contributed by atoms with Gasteiger partial charge in [0.05, 0.1) is 0 Å². The summed E-state index contributed by atoms with van der Waals surface area (Å²) in [5.41, 5.74) is 0. The van der Waals surface area contributed by atoms with Crippen LogP contribution in [0.25, 0.3) is 0 Å². The fourth-order valence-electron chi connectivity index (χ4n) is 0.706. The fraction of sp³-hybridized carbons (Fsp3) is 0.800. The van der Waals surface area contributed by atoms with E-state index in [1.165, 1.54) is 0 Å². The van der Waals surface area contributed by atoms with Crippen LogP contribution in [0.4, 0.5) is 0 Å². The molecule has 0 aromatic heterocycles. The van der Waals surface area contributed by atoms with Crippen LogP contribution in [0.15, 0.2) is 0 Å². The second-order valence-corrected chi connectivity index (χ2v) is 1.79. The second kappa shape index (κ2) is 4.26. The fourth-order valence-corrected chi connectivity index (χ4v) is 0.706. The Balaban J connectivity index is 0.000000490. The van der Waals surface area contributed by atoms with Crippen LogP contribution >= 0.6 is 24.0 Å². The predicted molar refractivity (Wildman–Crippen MR) is 42.5 cm³/mol. The van der Waals surface area contributed by atoms with E-state index in [0.29, 0.717) is 5.78 Å². The van der Waals surface area contributed by atoms with E-state index in [-0.39, 0.29) is 24.0 Å². The molecule has 0 aromatic carbocycles. The molecule has 2 nitrogen and oxygen atoms in total. The van der Waals surface area contributed by atoms with Crippen molar-refractivity contribution in [2.24, 2.45) is 0 Å². The summed E-state index contributed by atoms with van der Waals surface area (Å²) >= 11 is 0. The van der Waals surface area contributed by atoms with Crippen LogP contribution in [0.5, 0.6) is 0 Å². The number of Topliss-reactive ketones (excluding diaryl/α,β-unsaturated/α-hetero) is 1. The number of halogens is 1. The van der Waals surface area contributed by atoms with Crippen molar-refractivity contribution in [3.8, 4) is 0 Å². The van der Waals surface area contributed by atoms with E-state index >= 15 is 0 Å². The average Bonchev–Trinajstić information content (AvgIpc) is 1.69. The van der Waals surface area contributed by atoms with Crippen molar-refractivity contribution in [1.29, 1.82) is 0 Å². The van der Waals surface area contributed by atoms with Crippen molar-refractivity contribution in [3.05, 3.63) is 0 Å². The summed E-state index contributed by atoms with van der Waals surface area (Å²) in [4.78, 5) is 10.4.